The number of anilines is 1. The molecule has 2 amide bonds. The highest BCUT2D eigenvalue weighted by Gasteiger charge is 2.17. The lowest BCUT2D eigenvalue weighted by Crippen LogP contribution is -2.34. The second kappa shape index (κ2) is 9.02. The number of para-hydroxylation sites is 1. The summed E-state index contributed by atoms with van der Waals surface area (Å²) in [5.74, 6) is 0.200. The van der Waals surface area contributed by atoms with Crippen LogP contribution in [0.4, 0.5) is 5.69 Å². The van der Waals surface area contributed by atoms with Crippen LogP contribution in [-0.4, -0.2) is 18.4 Å². The molecule has 0 spiro atoms. The third-order valence-electron chi connectivity index (χ3n) is 4.12. The van der Waals surface area contributed by atoms with Crippen LogP contribution in [0.5, 0.6) is 0 Å². The van der Waals surface area contributed by atoms with E-state index >= 15 is 0 Å². The Morgan fingerprint density at radius 3 is 2.28 bits per heavy atom. The Balaban J connectivity index is 1.98. The van der Waals surface area contributed by atoms with Crippen LogP contribution in [0.15, 0.2) is 54.6 Å². The monoisotopic (exact) mass is 338 g/mol. The van der Waals surface area contributed by atoms with Gasteiger partial charge in [-0.05, 0) is 23.1 Å². The van der Waals surface area contributed by atoms with Crippen LogP contribution in [0, 0.1) is 0 Å². The van der Waals surface area contributed by atoms with E-state index in [1.807, 2.05) is 54.6 Å². The number of amides is 2. The lowest BCUT2D eigenvalue weighted by Gasteiger charge is -2.25. The van der Waals surface area contributed by atoms with E-state index in [0.29, 0.717) is 19.0 Å². The molecule has 0 atom stereocenters. The molecular formula is C21H26N2O2. The first-order valence-electron chi connectivity index (χ1n) is 8.66. The van der Waals surface area contributed by atoms with Gasteiger partial charge in [0.15, 0.2) is 0 Å². The molecule has 0 saturated carbocycles. The number of hydrogen-bond donors (Lipinski definition) is 1. The fourth-order valence-corrected chi connectivity index (χ4v) is 2.77. The van der Waals surface area contributed by atoms with Crippen molar-refractivity contribution in [3.63, 3.8) is 0 Å². The van der Waals surface area contributed by atoms with Crippen molar-refractivity contribution < 1.29 is 9.59 Å². The number of nitrogens with zero attached hydrogens (tertiary/aromatic N) is 1. The van der Waals surface area contributed by atoms with Gasteiger partial charge < -0.3 is 10.2 Å². The van der Waals surface area contributed by atoms with Gasteiger partial charge in [0.2, 0.25) is 11.8 Å². The van der Waals surface area contributed by atoms with Gasteiger partial charge in [0.05, 0.1) is 0 Å². The van der Waals surface area contributed by atoms with Gasteiger partial charge in [0.25, 0.3) is 0 Å². The van der Waals surface area contributed by atoms with Gasteiger partial charge in [-0.1, -0.05) is 62.4 Å². The molecule has 0 unspecified atom stereocenters. The number of benzene rings is 2. The van der Waals surface area contributed by atoms with Crippen molar-refractivity contribution in [3.8, 4) is 0 Å². The van der Waals surface area contributed by atoms with E-state index in [4.69, 9.17) is 0 Å². The zero-order valence-electron chi connectivity index (χ0n) is 15.2. The standard InChI is InChI=1S/C21H26N2O2/c1-16(2)19-11-7-8-12-20(19)23(17(3)24)14-13-21(25)22-15-18-9-5-4-6-10-18/h4-12,16H,13-15H2,1-3H3,(H,22,25). The Bertz CT molecular complexity index is 711. The van der Waals surface area contributed by atoms with E-state index in [9.17, 15) is 9.59 Å². The molecule has 0 saturated heterocycles. The summed E-state index contributed by atoms with van der Waals surface area (Å²) in [4.78, 5) is 25.9. The Kier molecular flexibility index (Phi) is 6.75. The fraction of sp³-hybridized carbons (Fsp3) is 0.333. The smallest absolute Gasteiger partial charge is 0.223 e. The van der Waals surface area contributed by atoms with Gasteiger partial charge >= 0.3 is 0 Å². The fourth-order valence-electron chi connectivity index (χ4n) is 2.77. The molecule has 0 radical (unpaired) electrons. The van der Waals surface area contributed by atoms with Crippen molar-refractivity contribution in [2.24, 2.45) is 0 Å². The largest absolute Gasteiger partial charge is 0.352 e. The third kappa shape index (κ3) is 5.45. The summed E-state index contributed by atoms with van der Waals surface area (Å²) in [7, 11) is 0. The molecule has 2 aromatic carbocycles. The van der Waals surface area contributed by atoms with Gasteiger partial charge in [0, 0.05) is 32.1 Å². The molecule has 4 nitrogen and oxygen atoms in total. The average Bonchev–Trinajstić information content (AvgIpc) is 2.61. The molecule has 25 heavy (non-hydrogen) atoms. The van der Waals surface area contributed by atoms with E-state index in [1.54, 1.807) is 11.8 Å². The Labute approximate surface area is 149 Å². The number of rotatable bonds is 7. The third-order valence-corrected chi connectivity index (χ3v) is 4.12. The number of carbonyl (C=O) groups is 2. The summed E-state index contributed by atoms with van der Waals surface area (Å²) in [5.41, 5.74) is 3.06. The van der Waals surface area contributed by atoms with Gasteiger partial charge in [-0.3, -0.25) is 9.59 Å². The second-order valence-electron chi connectivity index (χ2n) is 6.40. The Hall–Kier alpha value is -2.62. The predicted octanol–water partition coefficient (Wildman–Crippen LogP) is 3.87. The van der Waals surface area contributed by atoms with Crippen molar-refractivity contribution in [1.29, 1.82) is 0 Å². The molecule has 0 heterocycles. The van der Waals surface area contributed by atoms with Crippen LogP contribution in [0.1, 0.15) is 44.2 Å². The maximum Gasteiger partial charge on any atom is 0.223 e. The average molecular weight is 338 g/mol. The first kappa shape index (κ1) is 18.7. The van der Waals surface area contributed by atoms with Gasteiger partial charge in [-0.15, -0.1) is 0 Å². The van der Waals surface area contributed by atoms with E-state index < -0.39 is 0 Å². The van der Waals surface area contributed by atoms with Crippen LogP contribution >= 0.6 is 0 Å². The first-order chi connectivity index (χ1) is 12.0. The van der Waals surface area contributed by atoms with E-state index in [-0.39, 0.29) is 18.2 Å². The molecule has 4 heteroatoms. The molecule has 0 aliphatic rings. The molecule has 1 N–H and O–H groups in total. The zero-order chi connectivity index (χ0) is 18.2. The summed E-state index contributed by atoms with van der Waals surface area (Å²) in [6.45, 7) is 6.62. The topological polar surface area (TPSA) is 49.4 Å². The van der Waals surface area contributed by atoms with Crippen molar-refractivity contribution >= 4 is 17.5 Å². The van der Waals surface area contributed by atoms with Crippen molar-refractivity contribution in [1.82, 2.24) is 5.32 Å². The van der Waals surface area contributed by atoms with Gasteiger partial charge in [-0.25, -0.2) is 0 Å². The van der Waals surface area contributed by atoms with Crippen LogP contribution < -0.4 is 10.2 Å². The van der Waals surface area contributed by atoms with Crippen molar-refractivity contribution in [2.75, 3.05) is 11.4 Å². The lowest BCUT2D eigenvalue weighted by atomic mass is 10.0. The summed E-state index contributed by atoms with van der Waals surface area (Å²) in [5, 5.41) is 2.91. The van der Waals surface area contributed by atoms with E-state index in [1.165, 1.54) is 0 Å². The minimum atomic E-state index is -0.0582. The highest BCUT2D eigenvalue weighted by molar-refractivity contribution is 5.93. The maximum atomic E-state index is 12.1. The molecule has 0 aliphatic heterocycles. The van der Waals surface area contributed by atoms with Crippen LogP contribution in [0.3, 0.4) is 0 Å². The van der Waals surface area contributed by atoms with Gasteiger partial charge in [0.1, 0.15) is 0 Å². The van der Waals surface area contributed by atoms with E-state index in [2.05, 4.69) is 19.2 Å². The minimum Gasteiger partial charge on any atom is -0.352 e. The molecular weight excluding hydrogens is 312 g/mol. The van der Waals surface area contributed by atoms with Crippen LogP contribution in [0.25, 0.3) is 0 Å². The number of carbonyl (C=O) groups excluding carboxylic acids is 2. The molecule has 132 valence electrons. The zero-order valence-corrected chi connectivity index (χ0v) is 15.2. The van der Waals surface area contributed by atoms with Crippen LogP contribution in [0.2, 0.25) is 0 Å². The number of nitrogens with one attached hydrogen (secondary N) is 1. The van der Waals surface area contributed by atoms with E-state index in [0.717, 1.165) is 16.8 Å². The summed E-state index contributed by atoms with van der Waals surface area (Å²) in [6, 6.07) is 17.7. The molecule has 0 aromatic heterocycles. The molecule has 0 bridgehead atoms. The van der Waals surface area contributed by atoms with Crippen LogP contribution in [-0.2, 0) is 16.1 Å². The SMILES string of the molecule is CC(=O)N(CCC(=O)NCc1ccccc1)c1ccccc1C(C)C. The summed E-state index contributed by atoms with van der Waals surface area (Å²) >= 11 is 0. The second-order valence-corrected chi connectivity index (χ2v) is 6.40. The molecule has 2 rings (SSSR count). The van der Waals surface area contributed by atoms with Crippen molar-refractivity contribution in [2.45, 2.75) is 39.7 Å². The normalized spacial score (nSPS) is 10.6. The summed E-state index contributed by atoms with van der Waals surface area (Å²) < 4.78 is 0. The highest BCUT2D eigenvalue weighted by Crippen LogP contribution is 2.27. The minimum absolute atomic E-state index is 0.0519. The molecule has 0 fully saturated rings. The maximum absolute atomic E-state index is 12.1. The highest BCUT2D eigenvalue weighted by atomic mass is 16.2. The lowest BCUT2D eigenvalue weighted by molar-refractivity contribution is -0.121. The number of hydrogen-bond acceptors (Lipinski definition) is 2. The Morgan fingerprint density at radius 2 is 1.64 bits per heavy atom. The summed E-state index contributed by atoms with van der Waals surface area (Å²) in [6.07, 6.45) is 0.277. The Morgan fingerprint density at radius 1 is 1.00 bits per heavy atom. The molecule has 0 aliphatic carbocycles. The predicted molar refractivity (Wildman–Crippen MR) is 101 cm³/mol. The quantitative estimate of drug-likeness (QED) is 0.833. The van der Waals surface area contributed by atoms with Gasteiger partial charge in [-0.2, -0.15) is 0 Å². The van der Waals surface area contributed by atoms with Crippen molar-refractivity contribution in [3.05, 3.63) is 65.7 Å². The first-order valence-corrected chi connectivity index (χ1v) is 8.66. The molecule has 2 aromatic rings.